The predicted molar refractivity (Wildman–Crippen MR) is 84.1 cm³/mol. The maximum absolute atomic E-state index is 12.4. The van der Waals surface area contributed by atoms with E-state index in [1.54, 1.807) is 6.20 Å². The van der Waals surface area contributed by atoms with Gasteiger partial charge in [0.1, 0.15) is 0 Å². The third-order valence-corrected chi connectivity index (χ3v) is 3.11. The van der Waals surface area contributed by atoms with Gasteiger partial charge < -0.3 is 5.43 Å². The number of carbonyl (C=O) groups excluding carboxylic acids is 1. The molecule has 3 nitrogen and oxygen atoms in total. The minimum Gasteiger partial charge on any atom is -0.331 e. The zero-order valence-electron chi connectivity index (χ0n) is 12.4. The van der Waals surface area contributed by atoms with Gasteiger partial charge in [-0.25, -0.2) is 0 Å². The first kappa shape index (κ1) is 15.9. The van der Waals surface area contributed by atoms with Crippen LogP contribution in [0.25, 0.3) is 0 Å². The molecule has 0 saturated carbocycles. The number of benzene rings is 1. The van der Waals surface area contributed by atoms with Crippen LogP contribution in [0, 0.1) is 6.92 Å². The van der Waals surface area contributed by atoms with Crippen LogP contribution in [0.5, 0.6) is 0 Å². The molecule has 0 aliphatic rings. The second kappa shape index (κ2) is 7.46. The fourth-order valence-corrected chi connectivity index (χ4v) is 1.86. The Kier molecular flexibility index (Phi) is 5.94. The van der Waals surface area contributed by atoms with Crippen molar-refractivity contribution in [2.24, 2.45) is 5.84 Å². The summed E-state index contributed by atoms with van der Waals surface area (Å²) in [6, 6.07) is 7.53. The zero-order valence-corrected chi connectivity index (χ0v) is 12.4. The molecule has 0 aliphatic heterocycles. The Morgan fingerprint density at radius 1 is 1.45 bits per heavy atom. The number of hydrogen-bond acceptors (Lipinski definition) is 3. The Labute approximate surface area is 120 Å². The first-order valence-corrected chi connectivity index (χ1v) is 6.63. The van der Waals surface area contributed by atoms with E-state index in [0.29, 0.717) is 11.1 Å². The molecule has 0 unspecified atom stereocenters. The summed E-state index contributed by atoms with van der Waals surface area (Å²) in [6.45, 7) is 9.79. The normalized spacial score (nSPS) is 12.2. The maximum Gasteiger partial charge on any atom is 0.192 e. The Hall–Kier alpha value is -2.13. The minimum absolute atomic E-state index is 0.0430. The second-order valence-corrected chi connectivity index (χ2v) is 4.74. The highest BCUT2D eigenvalue weighted by atomic mass is 16.1. The van der Waals surface area contributed by atoms with Gasteiger partial charge in [-0.15, -0.1) is 0 Å². The number of hydrogen-bond donors (Lipinski definition) is 2. The zero-order chi connectivity index (χ0) is 15.1. The lowest BCUT2D eigenvalue weighted by molar-refractivity contribution is 0.103. The number of nitrogens with one attached hydrogen (secondary N) is 1. The molecular weight excluding hydrogens is 248 g/mol. The standard InChI is InChI=1S/C17H22N2O/c1-5-15(11-19-18)10-13(3)14(4)17(20)16-8-6-7-12(2)9-16/h6-11,19H,4-5,18H2,1-3H3/b13-10+,15-11-. The van der Waals surface area contributed by atoms with Crippen LogP contribution >= 0.6 is 0 Å². The molecule has 0 amide bonds. The number of aryl methyl sites for hydroxylation is 1. The Morgan fingerprint density at radius 3 is 2.70 bits per heavy atom. The van der Waals surface area contributed by atoms with Gasteiger partial charge in [-0.05, 0) is 37.5 Å². The van der Waals surface area contributed by atoms with Gasteiger partial charge in [0.2, 0.25) is 0 Å². The molecule has 0 fully saturated rings. The molecule has 0 saturated heterocycles. The van der Waals surface area contributed by atoms with Crippen LogP contribution in [0.1, 0.15) is 36.2 Å². The second-order valence-electron chi connectivity index (χ2n) is 4.74. The Morgan fingerprint density at radius 2 is 2.15 bits per heavy atom. The van der Waals surface area contributed by atoms with Crippen molar-refractivity contribution in [3.05, 3.63) is 71.0 Å². The fourth-order valence-electron chi connectivity index (χ4n) is 1.86. The molecule has 106 valence electrons. The molecule has 0 atom stereocenters. The molecule has 0 spiro atoms. The van der Waals surface area contributed by atoms with Crippen LogP contribution in [0.3, 0.4) is 0 Å². The lowest BCUT2D eigenvalue weighted by Crippen LogP contribution is -2.14. The summed E-state index contributed by atoms with van der Waals surface area (Å²) in [7, 11) is 0. The molecule has 0 heterocycles. The van der Waals surface area contributed by atoms with Gasteiger partial charge in [0.05, 0.1) is 0 Å². The van der Waals surface area contributed by atoms with Crippen molar-refractivity contribution in [3.8, 4) is 0 Å². The van der Waals surface area contributed by atoms with Crippen LogP contribution < -0.4 is 11.3 Å². The average molecular weight is 270 g/mol. The van der Waals surface area contributed by atoms with E-state index in [9.17, 15) is 4.79 Å². The van der Waals surface area contributed by atoms with Crippen LogP contribution in [0.2, 0.25) is 0 Å². The molecule has 3 N–H and O–H groups in total. The van der Waals surface area contributed by atoms with Crippen LogP contribution in [-0.4, -0.2) is 5.78 Å². The highest BCUT2D eigenvalue weighted by Crippen LogP contribution is 2.17. The number of rotatable bonds is 6. The summed E-state index contributed by atoms with van der Waals surface area (Å²) >= 11 is 0. The van der Waals surface area contributed by atoms with Gasteiger partial charge in [0, 0.05) is 17.3 Å². The van der Waals surface area contributed by atoms with E-state index in [1.807, 2.05) is 51.1 Å². The number of ketones is 1. The fraction of sp³-hybridized carbons (Fsp3) is 0.235. The van der Waals surface area contributed by atoms with Crippen molar-refractivity contribution in [2.45, 2.75) is 27.2 Å². The van der Waals surface area contributed by atoms with Gasteiger partial charge in [-0.3, -0.25) is 10.6 Å². The molecule has 1 rings (SSSR count). The molecule has 20 heavy (non-hydrogen) atoms. The lowest BCUT2D eigenvalue weighted by atomic mass is 9.96. The van der Waals surface area contributed by atoms with Crippen LogP contribution in [0.15, 0.2) is 59.8 Å². The van der Waals surface area contributed by atoms with Crippen molar-refractivity contribution in [2.75, 3.05) is 0 Å². The topological polar surface area (TPSA) is 55.1 Å². The van der Waals surface area contributed by atoms with E-state index in [4.69, 9.17) is 5.84 Å². The number of nitrogens with two attached hydrogens (primary N) is 1. The van der Waals surface area contributed by atoms with E-state index in [1.165, 1.54) is 0 Å². The third kappa shape index (κ3) is 4.21. The van der Waals surface area contributed by atoms with E-state index in [0.717, 1.165) is 23.1 Å². The highest BCUT2D eigenvalue weighted by molar-refractivity contribution is 6.11. The maximum atomic E-state index is 12.4. The summed E-state index contributed by atoms with van der Waals surface area (Å²) in [4.78, 5) is 12.4. The van der Waals surface area contributed by atoms with Gasteiger partial charge in [-0.1, -0.05) is 43.3 Å². The van der Waals surface area contributed by atoms with E-state index in [2.05, 4.69) is 12.0 Å². The summed E-state index contributed by atoms with van der Waals surface area (Å²) < 4.78 is 0. The van der Waals surface area contributed by atoms with Gasteiger partial charge >= 0.3 is 0 Å². The molecule has 0 bridgehead atoms. The molecule has 0 aromatic heterocycles. The summed E-state index contributed by atoms with van der Waals surface area (Å²) in [5, 5.41) is 0. The SMILES string of the molecule is C=C(C(=O)c1cccc(C)c1)/C(C)=C/C(=C\NN)CC. The number of Topliss-reactive ketones (excluding diaryl/α,β-unsaturated/α-hetero) is 1. The Balaban J connectivity index is 2.97. The monoisotopic (exact) mass is 270 g/mol. The predicted octanol–water partition coefficient (Wildman–Crippen LogP) is 3.44. The van der Waals surface area contributed by atoms with Crippen LogP contribution in [0.4, 0.5) is 0 Å². The smallest absolute Gasteiger partial charge is 0.192 e. The molecule has 1 aromatic rings. The molecule has 3 heteroatoms. The quantitative estimate of drug-likeness (QED) is 0.274. The van der Waals surface area contributed by atoms with E-state index >= 15 is 0 Å². The van der Waals surface area contributed by atoms with Crippen molar-refractivity contribution in [1.29, 1.82) is 0 Å². The largest absolute Gasteiger partial charge is 0.331 e. The first-order chi connectivity index (χ1) is 9.49. The van der Waals surface area contributed by atoms with E-state index < -0.39 is 0 Å². The van der Waals surface area contributed by atoms with Crippen molar-refractivity contribution in [3.63, 3.8) is 0 Å². The first-order valence-electron chi connectivity index (χ1n) is 6.63. The van der Waals surface area contributed by atoms with Gasteiger partial charge in [0.25, 0.3) is 0 Å². The number of hydrazine groups is 1. The third-order valence-electron chi connectivity index (χ3n) is 3.11. The summed E-state index contributed by atoms with van der Waals surface area (Å²) in [5.41, 5.74) is 6.61. The molecule has 0 radical (unpaired) electrons. The molecule has 0 aliphatic carbocycles. The number of carbonyl (C=O) groups is 1. The summed E-state index contributed by atoms with van der Waals surface area (Å²) in [6.07, 6.45) is 4.47. The summed E-state index contributed by atoms with van der Waals surface area (Å²) in [5.74, 6) is 5.24. The average Bonchev–Trinajstić information content (AvgIpc) is 2.45. The Bertz CT molecular complexity index is 568. The van der Waals surface area contributed by atoms with Gasteiger partial charge in [-0.2, -0.15) is 0 Å². The lowest BCUT2D eigenvalue weighted by Gasteiger charge is -2.07. The highest BCUT2D eigenvalue weighted by Gasteiger charge is 2.11. The molecular formula is C17H22N2O. The van der Waals surface area contributed by atoms with Crippen LogP contribution in [-0.2, 0) is 0 Å². The van der Waals surface area contributed by atoms with Crippen molar-refractivity contribution in [1.82, 2.24) is 5.43 Å². The van der Waals surface area contributed by atoms with Gasteiger partial charge in [0.15, 0.2) is 5.78 Å². The number of allylic oxidation sites excluding steroid dienone is 4. The van der Waals surface area contributed by atoms with Crippen molar-refractivity contribution >= 4 is 5.78 Å². The van der Waals surface area contributed by atoms with E-state index in [-0.39, 0.29) is 5.78 Å². The van der Waals surface area contributed by atoms with Crippen molar-refractivity contribution < 1.29 is 4.79 Å². The molecule has 1 aromatic carbocycles. The minimum atomic E-state index is -0.0430.